The van der Waals surface area contributed by atoms with Crippen LogP contribution in [0.2, 0.25) is 0 Å². The maximum Gasteiger partial charge on any atom is 0.142 e. The summed E-state index contributed by atoms with van der Waals surface area (Å²) in [6.45, 7) is 8.74. The average molecular weight is 304 g/mol. The van der Waals surface area contributed by atoms with E-state index in [1.807, 2.05) is 30.4 Å². The molecular weight excluding hydrogens is 280 g/mol. The topological polar surface area (TPSA) is 34.2 Å². The Bertz CT molecular complexity index is 566. The Kier molecular flexibility index (Phi) is 6.21. The van der Waals surface area contributed by atoms with Gasteiger partial charge in [-0.1, -0.05) is 13.8 Å². The first-order valence-electron chi connectivity index (χ1n) is 7.60. The summed E-state index contributed by atoms with van der Waals surface area (Å²) in [4.78, 5) is 7.26. The van der Waals surface area contributed by atoms with Gasteiger partial charge in [0.25, 0.3) is 0 Å². The van der Waals surface area contributed by atoms with Crippen molar-refractivity contribution in [2.24, 2.45) is 0 Å². The quantitative estimate of drug-likeness (QED) is 0.746. The Hall–Kier alpha value is -1.39. The monoisotopic (exact) mass is 304 g/mol. The molecular formula is C17H24N2OS. The van der Waals surface area contributed by atoms with E-state index >= 15 is 0 Å². The van der Waals surface area contributed by atoms with Gasteiger partial charge in [-0.25, -0.2) is 0 Å². The number of nitrogens with zero attached hydrogens (tertiary/aromatic N) is 1. The summed E-state index contributed by atoms with van der Waals surface area (Å²) in [5.74, 6) is 0.885. The van der Waals surface area contributed by atoms with Crippen LogP contribution in [0.3, 0.4) is 0 Å². The van der Waals surface area contributed by atoms with Gasteiger partial charge in [-0.05, 0) is 50.6 Å². The van der Waals surface area contributed by atoms with Crippen LogP contribution in [0.5, 0.6) is 5.75 Å². The van der Waals surface area contributed by atoms with E-state index in [1.165, 1.54) is 9.75 Å². The molecule has 1 N–H and O–H groups in total. The number of aryl methyl sites for hydroxylation is 2. The zero-order chi connectivity index (χ0) is 15.1. The van der Waals surface area contributed by atoms with Crippen LogP contribution >= 0.6 is 11.3 Å². The molecule has 0 radical (unpaired) electrons. The minimum Gasteiger partial charge on any atom is -0.486 e. The highest BCUT2D eigenvalue weighted by Gasteiger charge is 2.07. The van der Waals surface area contributed by atoms with Crippen molar-refractivity contribution in [3.05, 3.63) is 45.4 Å². The molecule has 0 unspecified atom stereocenters. The number of thiophene rings is 1. The molecule has 0 aliphatic heterocycles. The second-order valence-electron chi connectivity index (χ2n) is 5.08. The van der Waals surface area contributed by atoms with E-state index in [1.54, 1.807) is 0 Å². The molecule has 21 heavy (non-hydrogen) atoms. The number of aromatic nitrogens is 1. The van der Waals surface area contributed by atoms with Crippen molar-refractivity contribution in [2.75, 3.05) is 6.54 Å². The first kappa shape index (κ1) is 16.0. The number of pyridine rings is 1. The normalized spacial score (nSPS) is 10.8. The minimum absolute atomic E-state index is 0.621. The molecule has 0 aliphatic rings. The summed E-state index contributed by atoms with van der Waals surface area (Å²) in [6, 6.07) is 8.37. The Labute approximate surface area is 131 Å². The number of rotatable bonds is 8. The van der Waals surface area contributed by atoms with Crippen molar-refractivity contribution >= 4 is 11.3 Å². The maximum absolute atomic E-state index is 5.97. The van der Waals surface area contributed by atoms with Crippen LogP contribution in [-0.4, -0.2) is 11.5 Å². The highest BCUT2D eigenvalue weighted by atomic mass is 32.1. The van der Waals surface area contributed by atoms with Crippen molar-refractivity contribution in [2.45, 2.75) is 46.8 Å². The summed E-state index contributed by atoms with van der Waals surface area (Å²) in [5.41, 5.74) is 2.02. The fourth-order valence-corrected chi connectivity index (χ4v) is 2.95. The van der Waals surface area contributed by atoms with Crippen LogP contribution in [0.15, 0.2) is 24.3 Å². The second kappa shape index (κ2) is 8.15. The molecule has 4 heteroatoms. The van der Waals surface area contributed by atoms with Gasteiger partial charge in [-0.15, -0.1) is 11.3 Å². The third-order valence-electron chi connectivity index (χ3n) is 3.23. The molecule has 0 saturated heterocycles. The first-order chi connectivity index (χ1) is 10.2. The lowest BCUT2D eigenvalue weighted by atomic mass is 10.2. The molecule has 2 heterocycles. The van der Waals surface area contributed by atoms with Gasteiger partial charge in [-0.3, -0.25) is 4.98 Å². The van der Waals surface area contributed by atoms with Crippen molar-refractivity contribution in [1.82, 2.24) is 10.3 Å². The maximum atomic E-state index is 5.97. The van der Waals surface area contributed by atoms with Gasteiger partial charge >= 0.3 is 0 Å². The number of nitrogens with one attached hydrogen (secondary N) is 1. The van der Waals surface area contributed by atoms with E-state index in [4.69, 9.17) is 4.74 Å². The SMILES string of the molecule is CCCNCc1nc(C)ccc1OCc1ccc(CC)s1. The highest BCUT2D eigenvalue weighted by molar-refractivity contribution is 7.11. The molecule has 2 rings (SSSR count). The van der Waals surface area contributed by atoms with Crippen molar-refractivity contribution in [1.29, 1.82) is 0 Å². The van der Waals surface area contributed by atoms with E-state index in [-0.39, 0.29) is 0 Å². The molecule has 0 atom stereocenters. The zero-order valence-corrected chi connectivity index (χ0v) is 13.9. The lowest BCUT2D eigenvalue weighted by Gasteiger charge is -2.11. The molecule has 0 saturated carbocycles. The molecule has 0 aliphatic carbocycles. The van der Waals surface area contributed by atoms with Gasteiger partial charge in [0.2, 0.25) is 0 Å². The van der Waals surface area contributed by atoms with Gasteiger partial charge in [0, 0.05) is 22.0 Å². The fraction of sp³-hybridized carbons (Fsp3) is 0.471. The fourth-order valence-electron chi connectivity index (χ4n) is 2.08. The lowest BCUT2D eigenvalue weighted by Crippen LogP contribution is -2.16. The molecule has 114 valence electrons. The highest BCUT2D eigenvalue weighted by Crippen LogP contribution is 2.22. The van der Waals surface area contributed by atoms with E-state index in [9.17, 15) is 0 Å². The summed E-state index contributed by atoms with van der Waals surface area (Å²) in [5, 5.41) is 3.39. The smallest absolute Gasteiger partial charge is 0.142 e. The minimum atomic E-state index is 0.621. The van der Waals surface area contributed by atoms with Crippen LogP contribution < -0.4 is 10.1 Å². The van der Waals surface area contributed by atoms with Crippen molar-refractivity contribution in [3.63, 3.8) is 0 Å². The van der Waals surface area contributed by atoms with Crippen molar-refractivity contribution in [3.8, 4) is 5.75 Å². The third-order valence-corrected chi connectivity index (χ3v) is 4.43. The summed E-state index contributed by atoms with van der Waals surface area (Å²) in [6.07, 6.45) is 2.21. The van der Waals surface area contributed by atoms with E-state index in [0.717, 1.165) is 43.1 Å². The summed E-state index contributed by atoms with van der Waals surface area (Å²) in [7, 11) is 0. The number of hydrogen-bond donors (Lipinski definition) is 1. The summed E-state index contributed by atoms with van der Waals surface area (Å²) >= 11 is 1.82. The van der Waals surface area contributed by atoms with Crippen LogP contribution in [0, 0.1) is 6.92 Å². The van der Waals surface area contributed by atoms with Gasteiger partial charge in [-0.2, -0.15) is 0 Å². The van der Waals surface area contributed by atoms with Crippen LogP contribution in [-0.2, 0) is 19.6 Å². The molecule has 0 aromatic carbocycles. The Balaban J connectivity index is 2.00. The third kappa shape index (κ3) is 4.83. The molecule has 2 aromatic rings. The van der Waals surface area contributed by atoms with Crippen LogP contribution in [0.4, 0.5) is 0 Å². The molecule has 3 nitrogen and oxygen atoms in total. The molecule has 2 aromatic heterocycles. The van der Waals surface area contributed by atoms with E-state index in [2.05, 4.69) is 36.3 Å². The average Bonchev–Trinajstić information content (AvgIpc) is 2.95. The Morgan fingerprint density at radius 1 is 1.14 bits per heavy atom. The predicted molar refractivity (Wildman–Crippen MR) is 89.0 cm³/mol. The Morgan fingerprint density at radius 3 is 2.67 bits per heavy atom. The zero-order valence-electron chi connectivity index (χ0n) is 13.1. The van der Waals surface area contributed by atoms with Gasteiger partial charge in [0.15, 0.2) is 0 Å². The van der Waals surface area contributed by atoms with Gasteiger partial charge in [0.05, 0.1) is 5.69 Å². The number of hydrogen-bond acceptors (Lipinski definition) is 4. The van der Waals surface area contributed by atoms with Gasteiger partial charge in [0.1, 0.15) is 12.4 Å². The summed E-state index contributed by atoms with van der Waals surface area (Å²) < 4.78 is 5.97. The molecule has 0 fully saturated rings. The largest absolute Gasteiger partial charge is 0.486 e. The second-order valence-corrected chi connectivity index (χ2v) is 6.34. The Morgan fingerprint density at radius 2 is 1.95 bits per heavy atom. The van der Waals surface area contributed by atoms with Gasteiger partial charge < -0.3 is 10.1 Å². The standard InChI is InChI=1S/C17H24N2OS/c1-4-10-18-11-16-17(9-6-13(3)19-16)20-12-15-8-7-14(5-2)21-15/h6-9,18H,4-5,10-12H2,1-3H3. The lowest BCUT2D eigenvalue weighted by molar-refractivity contribution is 0.303. The van der Waals surface area contributed by atoms with Crippen LogP contribution in [0.1, 0.15) is 41.4 Å². The van der Waals surface area contributed by atoms with Crippen LogP contribution in [0.25, 0.3) is 0 Å². The first-order valence-corrected chi connectivity index (χ1v) is 8.42. The molecule has 0 amide bonds. The van der Waals surface area contributed by atoms with E-state index < -0.39 is 0 Å². The predicted octanol–water partition coefficient (Wildman–Crippen LogP) is 4.09. The molecule has 0 spiro atoms. The molecule has 0 bridgehead atoms. The number of ether oxygens (including phenoxy) is 1. The van der Waals surface area contributed by atoms with Crippen molar-refractivity contribution < 1.29 is 4.74 Å². The van der Waals surface area contributed by atoms with E-state index in [0.29, 0.717) is 6.61 Å².